The van der Waals surface area contributed by atoms with Crippen molar-refractivity contribution in [1.29, 1.82) is 0 Å². The Morgan fingerprint density at radius 2 is 2.03 bits per heavy atom. The van der Waals surface area contributed by atoms with Crippen molar-refractivity contribution < 1.29 is 28.3 Å². The molecule has 0 spiro atoms. The zero-order valence-electron chi connectivity index (χ0n) is 15.4. The van der Waals surface area contributed by atoms with Crippen LogP contribution in [0.4, 0.5) is 5.00 Å². The third-order valence-corrected chi connectivity index (χ3v) is 5.38. The number of anilines is 1. The van der Waals surface area contributed by atoms with Crippen LogP contribution in [0.5, 0.6) is 0 Å². The van der Waals surface area contributed by atoms with Gasteiger partial charge in [-0.3, -0.25) is 4.79 Å². The Hall–Kier alpha value is -3.17. The standard InChI is InChI=1S/C20H17NO6S2/c1-2-25-20(24)18-14(15-6-4-10-28-15)12-29-19(18)21-16(22)11-27-17(23)8-7-13-5-3-9-26-13/h3-10,12H,2,11H2,1H3,(H,21,22). The van der Waals surface area contributed by atoms with Gasteiger partial charge in [-0.15, -0.1) is 22.7 Å². The monoisotopic (exact) mass is 431 g/mol. The molecule has 0 saturated carbocycles. The van der Waals surface area contributed by atoms with Gasteiger partial charge in [0.25, 0.3) is 5.91 Å². The Morgan fingerprint density at radius 1 is 1.17 bits per heavy atom. The molecule has 9 heteroatoms. The highest BCUT2D eigenvalue weighted by Crippen LogP contribution is 2.38. The first-order chi connectivity index (χ1) is 14.1. The highest BCUT2D eigenvalue weighted by molar-refractivity contribution is 7.17. The molecule has 3 aromatic heterocycles. The summed E-state index contributed by atoms with van der Waals surface area (Å²) in [7, 11) is 0. The highest BCUT2D eigenvalue weighted by atomic mass is 32.1. The maximum atomic E-state index is 12.4. The summed E-state index contributed by atoms with van der Waals surface area (Å²) in [5.41, 5.74) is 0.980. The number of amides is 1. The maximum absolute atomic E-state index is 12.4. The minimum absolute atomic E-state index is 0.214. The molecule has 0 atom stereocenters. The summed E-state index contributed by atoms with van der Waals surface area (Å²) in [6.07, 6.45) is 4.08. The van der Waals surface area contributed by atoms with E-state index in [0.29, 0.717) is 16.3 Å². The summed E-state index contributed by atoms with van der Waals surface area (Å²) in [6.45, 7) is 1.43. The average Bonchev–Trinajstić information content (AvgIpc) is 3.46. The summed E-state index contributed by atoms with van der Waals surface area (Å²) in [6, 6.07) is 7.12. The number of hydrogen-bond donors (Lipinski definition) is 1. The van der Waals surface area contributed by atoms with E-state index in [1.54, 1.807) is 24.4 Å². The zero-order chi connectivity index (χ0) is 20.6. The molecule has 0 bridgehead atoms. The van der Waals surface area contributed by atoms with E-state index in [4.69, 9.17) is 13.9 Å². The Labute approximate surface area is 174 Å². The lowest BCUT2D eigenvalue weighted by Crippen LogP contribution is -2.21. The molecule has 0 unspecified atom stereocenters. The fourth-order valence-electron chi connectivity index (χ4n) is 2.35. The minimum Gasteiger partial charge on any atom is -0.465 e. The molecule has 1 amide bonds. The number of carbonyl (C=O) groups is 3. The number of carbonyl (C=O) groups excluding carboxylic acids is 3. The topological polar surface area (TPSA) is 94.8 Å². The summed E-state index contributed by atoms with van der Waals surface area (Å²) >= 11 is 2.68. The number of esters is 2. The molecule has 0 fully saturated rings. The SMILES string of the molecule is CCOC(=O)c1c(-c2cccs2)csc1NC(=O)COC(=O)C=Cc1ccco1. The van der Waals surface area contributed by atoms with Crippen LogP contribution in [-0.2, 0) is 19.1 Å². The van der Waals surface area contributed by atoms with Gasteiger partial charge in [0.1, 0.15) is 16.3 Å². The smallest absolute Gasteiger partial charge is 0.341 e. The quantitative estimate of drug-likeness (QED) is 0.418. The van der Waals surface area contributed by atoms with Crippen LogP contribution in [0.3, 0.4) is 0 Å². The highest BCUT2D eigenvalue weighted by Gasteiger charge is 2.23. The van der Waals surface area contributed by atoms with Gasteiger partial charge in [0.15, 0.2) is 6.61 Å². The van der Waals surface area contributed by atoms with E-state index in [0.717, 1.165) is 11.0 Å². The van der Waals surface area contributed by atoms with E-state index in [9.17, 15) is 14.4 Å². The van der Waals surface area contributed by atoms with Crippen molar-refractivity contribution >= 4 is 51.6 Å². The summed E-state index contributed by atoms with van der Waals surface area (Å²) in [4.78, 5) is 37.2. The van der Waals surface area contributed by atoms with Gasteiger partial charge in [-0.1, -0.05) is 6.07 Å². The molecular weight excluding hydrogens is 414 g/mol. The first-order valence-electron chi connectivity index (χ1n) is 8.59. The predicted octanol–water partition coefficient (Wildman–Crippen LogP) is 4.44. The Bertz CT molecular complexity index is 1000. The Kier molecular flexibility index (Phi) is 6.99. The molecule has 150 valence electrons. The zero-order valence-corrected chi connectivity index (χ0v) is 17.0. The predicted molar refractivity (Wildman–Crippen MR) is 111 cm³/mol. The van der Waals surface area contributed by atoms with Crippen LogP contribution < -0.4 is 5.32 Å². The molecule has 29 heavy (non-hydrogen) atoms. The number of furan rings is 1. The van der Waals surface area contributed by atoms with Gasteiger partial charge in [0.05, 0.1) is 12.9 Å². The van der Waals surface area contributed by atoms with E-state index in [1.807, 2.05) is 17.5 Å². The molecule has 3 heterocycles. The van der Waals surface area contributed by atoms with Gasteiger partial charge in [-0.25, -0.2) is 9.59 Å². The van der Waals surface area contributed by atoms with E-state index in [1.165, 1.54) is 35.0 Å². The van der Waals surface area contributed by atoms with Crippen molar-refractivity contribution in [2.75, 3.05) is 18.5 Å². The van der Waals surface area contributed by atoms with E-state index < -0.39 is 24.5 Å². The van der Waals surface area contributed by atoms with Gasteiger partial charge in [-0.2, -0.15) is 0 Å². The fourth-order valence-corrected chi connectivity index (χ4v) is 4.14. The van der Waals surface area contributed by atoms with Crippen LogP contribution in [-0.4, -0.2) is 31.1 Å². The molecule has 3 rings (SSSR count). The van der Waals surface area contributed by atoms with Crippen molar-refractivity contribution in [3.63, 3.8) is 0 Å². The second kappa shape index (κ2) is 9.85. The second-order valence-electron chi connectivity index (χ2n) is 5.56. The fraction of sp³-hybridized carbons (Fsp3) is 0.150. The lowest BCUT2D eigenvalue weighted by Gasteiger charge is -2.08. The largest absolute Gasteiger partial charge is 0.465 e. The third kappa shape index (κ3) is 5.43. The number of rotatable bonds is 8. The summed E-state index contributed by atoms with van der Waals surface area (Å²) in [5, 5.41) is 6.65. The Balaban J connectivity index is 1.65. The van der Waals surface area contributed by atoms with Gasteiger partial charge >= 0.3 is 11.9 Å². The number of hydrogen-bond acceptors (Lipinski definition) is 8. The molecule has 0 aliphatic carbocycles. The van der Waals surface area contributed by atoms with Crippen LogP contribution in [0.15, 0.2) is 51.8 Å². The van der Waals surface area contributed by atoms with Crippen LogP contribution >= 0.6 is 22.7 Å². The third-order valence-electron chi connectivity index (χ3n) is 3.58. The van der Waals surface area contributed by atoms with Gasteiger partial charge < -0.3 is 19.2 Å². The normalized spacial score (nSPS) is 10.8. The van der Waals surface area contributed by atoms with Crippen LogP contribution in [0.1, 0.15) is 23.0 Å². The van der Waals surface area contributed by atoms with Gasteiger partial charge in [-0.05, 0) is 36.6 Å². The first kappa shape index (κ1) is 20.6. The maximum Gasteiger partial charge on any atom is 0.341 e. The van der Waals surface area contributed by atoms with Gasteiger partial charge in [0.2, 0.25) is 0 Å². The summed E-state index contributed by atoms with van der Waals surface area (Å²) in [5.74, 6) is -1.28. The average molecular weight is 431 g/mol. The van der Waals surface area contributed by atoms with E-state index in [2.05, 4.69) is 5.32 Å². The van der Waals surface area contributed by atoms with Crippen molar-refractivity contribution in [3.05, 3.63) is 58.7 Å². The van der Waals surface area contributed by atoms with Crippen molar-refractivity contribution in [2.45, 2.75) is 6.92 Å². The molecule has 0 saturated heterocycles. The van der Waals surface area contributed by atoms with Crippen molar-refractivity contribution in [1.82, 2.24) is 0 Å². The van der Waals surface area contributed by atoms with Crippen LogP contribution in [0.2, 0.25) is 0 Å². The molecule has 0 aliphatic rings. The molecule has 1 N–H and O–H groups in total. The molecule has 3 aromatic rings. The van der Waals surface area contributed by atoms with Crippen LogP contribution in [0, 0.1) is 0 Å². The minimum atomic E-state index is -0.687. The lowest BCUT2D eigenvalue weighted by molar-refractivity contribution is -0.142. The number of thiophene rings is 2. The molecular formula is C20H17NO6S2. The Morgan fingerprint density at radius 3 is 2.72 bits per heavy atom. The van der Waals surface area contributed by atoms with E-state index >= 15 is 0 Å². The number of ether oxygens (including phenoxy) is 2. The molecule has 7 nitrogen and oxygen atoms in total. The first-order valence-corrected chi connectivity index (χ1v) is 10.3. The molecule has 0 aliphatic heterocycles. The van der Waals surface area contributed by atoms with E-state index in [-0.39, 0.29) is 12.2 Å². The van der Waals surface area contributed by atoms with Crippen molar-refractivity contribution in [3.8, 4) is 10.4 Å². The molecule has 0 aromatic carbocycles. The van der Waals surface area contributed by atoms with Crippen LogP contribution in [0.25, 0.3) is 16.5 Å². The molecule has 0 radical (unpaired) electrons. The second-order valence-corrected chi connectivity index (χ2v) is 7.38. The lowest BCUT2D eigenvalue weighted by atomic mass is 10.1. The van der Waals surface area contributed by atoms with Gasteiger partial charge in [0, 0.05) is 21.9 Å². The number of nitrogens with one attached hydrogen (secondary N) is 1. The van der Waals surface area contributed by atoms with Crippen molar-refractivity contribution in [2.24, 2.45) is 0 Å². The summed E-state index contributed by atoms with van der Waals surface area (Å²) < 4.78 is 15.1.